The third kappa shape index (κ3) is 12.9. The van der Waals surface area contributed by atoms with Crippen LogP contribution in [-0.4, -0.2) is 53.0 Å². The summed E-state index contributed by atoms with van der Waals surface area (Å²) < 4.78 is 1.23. The summed E-state index contributed by atoms with van der Waals surface area (Å²) in [4.78, 5) is 12.9. The zero-order valence-corrected chi connectivity index (χ0v) is 13.4. The van der Waals surface area contributed by atoms with Crippen LogP contribution < -0.4 is 10.6 Å². The number of alkyl halides is 1. The number of hydrogen-bond acceptors (Lipinski definition) is 4. The average molecular weight is 439 g/mol. The van der Waals surface area contributed by atoms with Gasteiger partial charge in [-0.15, -0.1) is 0 Å². The molecule has 15 heavy (non-hydrogen) atoms. The zero-order valence-electron chi connectivity index (χ0n) is 9.06. The van der Waals surface area contributed by atoms with Gasteiger partial charge in [0.05, 0.1) is 0 Å². The van der Waals surface area contributed by atoms with Crippen LogP contribution in [0.5, 0.6) is 0 Å². The largest absolute Gasteiger partial charge is 0.314 e. The van der Waals surface area contributed by atoms with E-state index < -0.39 is 0 Å². The molecule has 0 fully saturated rings. The van der Waals surface area contributed by atoms with Crippen molar-refractivity contribution in [1.29, 1.82) is 0 Å². The molecule has 0 aromatic rings. The first-order chi connectivity index (χ1) is 7.16. The van der Waals surface area contributed by atoms with Crippen LogP contribution in [0.4, 0.5) is 0 Å². The lowest BCUT2D eigenvalue weighted by Gasteiger charge is -2.15. The first-order valence-corrected chi connectivity index (χ1v) is 7.61. The summed E-state index contributed by atoms with van der Waals surface area (Å²) in [5, 5.41) is 6.59. The Kier molecular flexibility index (Phi) is 12.3. The van der Waals surface area contributed by atoms with Crippen LogP contribution >= 0.6 is 45.2 Å². The molecular formula is C9H19I2N3O. The maximum Gasteiger partial charge on any atom is 0.193 e. The molecule has 2 N–H and O–H groups in total. The van der Waals surface area contributed by atoms with Gasteiger partial charge in [0, 0.05) is 43.7 Å². The molecule has 0 aliphatic carbocycles. The van der Waals surface area contributed by atoms with Gasteiger partial charge in [0.25, 0.3) is 0 Å². The minimum atomic E-state index is 0.235. The second-order valence-corrected chi connectivity index (χ2v) is 5.26. The molecule has 0 spiro atoms. The maximum atomic E-state index is 10.7. The van der Waals surface area contributed by atoms with E-state index in [0.717, 1.165) is 37.3 Å². The molecule has 90 valence electrons. The van der Waals surface area contributed by atoms with Crippen LogP contribution in [0.25, 0.3) is 0 Å². The van der Waals surface area contributed by atoms with E-state index >= 15 is 0 Å². The highest BCUT2D eigenvalue weighted by atomic mass is 127. The molecule has 0 bridgehead atoms. The SMILES string of the molecule is CN(CCNCCNCI)CCC(=O)I. The van der Waals surface area contributed by atoms with Crippen LogP contribution in [0.15, 0.2) is 0 Å². The summed E-state index contributed by atoms with van der Waals surface area (Å²) in [6.07, 6.45) is 0.646. The zero-order chi connectivity index (χ0) is 11.5. The Bertz CT molecular complexity index is 169. The van der Waals surface area contributed by atoms with Gasteiger partial charge >= 0.3 is 0 Å². The second kappa shape index (κ2) is 11.5. The van der Waals surface area contributed by atoms with Crippen molar-refractivity contribution in [2.75, 3.05) is 44.3 Å². The van der Waals surface area contributed by atoms with Gasteiger partial charge < -0.3 is 15.5 Å². The summed E-state index contributed by atoms with van der Waals surface area (Å²) in [5.41, 5.74) is 0. The Morgan fingerprint density at radius 2 is 1.87 bits per heavy atom. The molecule has 0 atom stereocenters. The number of carbonyl (C=O) groups is 1. The average Bonchev–Trinajstić information content (AvgIpc) is 2.20. The number of nitrogens with zero attached hydrogens (tertiary/aromatic N) is 1. The Balaban J connectivity index is 3.16. The summed E-state index contributed by atoms with van der Waals surface area (Å²) in [7, 11) is 2.05. The van der Waals surface area contributed by atoms with Crippen molar-refractivity contribution in [3.63, 3.8) is 0 Å². The van der Waals surface area contributed by atoms with Crippen LogP contribution in [0, 0.1) is 0 Å². The summed E-state index contributed by atoms with van der Waals surface area (Å²) in [5.74, 6) is 0. The molecule has 0 radical (unpaired) electrons. The first-order valence-electron chi connectivity index (χ1n) is 5.01. The predicted molar refractivity (Wildman–Crippen MR) is 80.9 cm³/mol. The van der Waals surface area contributed by atoms with Crippen molar-refractivity contribution in [3.05, 3.63) is 0 Å². The Labute approximate surface area is 119 Å². The molecule has 0 rings (SSSR count). The van der Waals surface area contributed by atoms with Gasteiger partial charge in [-0.05, 0) is 29.6 Å². The van der Waals surface area contributed by atoms with E-state index in [2.05, 4.69) is 38.1 Å². The number of likely N-dealkylation sites (N-methyl/N-ethyl adjacent to an activating group) is 1. The van der Waals surface area contributed by atoms with Gasteiger partial charge in [-0.1, -0.05) is 22.6 Å². The van der Waals surface area contributed by atoms with Gasteiger partial charge in [-0.3, -0.25) is 4.79 Å². The molecular weight excluding hydrogens is 420 g/mol. The number of carbonyl (C=O) groups excluding carboxylic acids is 1. The van der Waals surface area contributed by atoms with Crippen LogP contribution in [0.2, 0.25) is 0 Å². The van der Waals surface area contributed by atoms with E-state index in [1.807, 2.05) is 29.6 Å². The molecule has 0 saturated carbocycles. The minimum Gasteiger partial charge on any atom is -0.314 e. The lowest BCUT2D eigenvalue weighted by atomic mass is 10.4. The predicted octanol–water partition coefficient (Wildman–Crippen LogP) is 0.842. The Hall–Kier alpha value is 1.01. The quantitative estimate of drug-likeness (QED) is 0.174. The highest BCUT2D eigenvalue weighted by Crippen LogP contribution is 1.94. The van der Waals surface area contributed by atoms with Gasteiger partial charge in [0.1, 0.15) is 0 Å². The standard InChI is InChI=1S/C9H19I2N3O/c1-14(6-2-9(11)15)7-5-12-3-4-13-8-10/h12-13H,2-8H2,1H3. The highest BCUT2D eigenvalue weighted by Gasteiger charge is 2.00. The number of nitrogens with one attached hydrogen (secondary N) is 2. The van der Waals surface area contributed by atoms with Crippen molar-refractivity contribution in [1.82, 2.24) is 15.5 Å². The topological polar surface area (TPSA) is 44.4 Å². The third-order valence-electron chi connectivity index (χ3n) is 1.93. The third-order valence-corrected chi connectivity index (χ3v) is 3.01. The first kappa shape index (κ1) is 16.0. The molecule has 0 amide bonds. The summed E-state index contributed by atoms with van der Waals surface area (Å²) >= 11 is 4.14. The van der Waals surface area contributed by atoms with Crippen molar-refractivity contribution >= 4 is 49.0 Å². The summed E-state index contributed by atoms with van der Waals surface area (Å²) in [6.45, 7) is 4.85. The molecule has 0 heterocycles. The smallest absolute Gasteiger partial charge is 0.193 e. The van der Waals surface area contributed by atoms with E-state index in [4.69, 9.17) is 0 Å². The van der Waals surface area contributed by atoms with E-state index in [0.29, 0.717) is 6.42 Å². The molecule has 0 aliphatic heterocycles. The van der Waals surface area contributed by atoms with Gasteiger partial charge in [0.15, 0.2) is 3.79 Å². The lowest BCUT2D eigenvalue weighted by Crippen LogP contribution is -2.33. The van der Waals surface area contributed by atoms with Gasteiger partial charge in [-0.25, -0.2) is 0 Å². The van der Waals surface area contributed by atoms with E-state index in [-0.39, 0.29) is 3.79 Å². The fraction of sp³-hybridized carbons (Fsp3) is 0.889. The maximum absolute atomic E-state index is 10.7. The van der Waals surface area contributed by atoms with E-state index in [9.17, 15) is 4.79 Å². The van der Waals surface area contributed by atoms with Crippen LogP contribution in [0.1, 0.15) is 6.42 Å². The molecule has 4 nitrogen and oxygen atoms in total. The highest BCUT2D eigenvalue weighted by molar-refractivity contribution is 14.1. The van der Waals surface area contributed by atoms with Gasteiger partial charge in [-0.2, -0.15) is 0 Å². The monoisotopic (exact) mass is 439 g/mol. The number of rotatable bonds is 10. The second-order valence-electron chi connectivity index (χ2n) is 3.29. The van der Waals surface area contributed by atoms with Crippen molar-refractivity contribution in [2.24, 2.45) is 0 Å². The molecule has 0 aromatic heterocycles. The van der Waals surface area contributed by atoms with Crippen molar-refractivity contribution in [3.8, 4) is 0 Å². The normalized spacial score (nSPS) is 10.9. The Morgan fingerprint density at radius 1 is 1.20 bits per heavy atom. The molecule has 0 unspecified atom stereocenters. The van der Waals surface area contributed by atoms with Crippen molar-refractivity contribution in [2.45, 2.75) is 6.42 Å². The van der Waals surface area contributed by atoms with Crippen LogP contribution in [-0.2, 0) is 4.79 Å². The molecule has 0 aliphatic rings. The molecule has 0 saturated heterocycles. The van der Waals surface area contributed by atoms with E-state index in [1.54, 1.807) is 0 Å². The van der Waals surface area contributed by atoms with Gasteiger partial charge in [0.2, 0.25) is 0 Å². The van der Waals surface area contributed by atoms with Crippen LogP contribution in [0.3, 0.4) is 0 Å². The fourth-order valence-electron chi connectivity index (χ4n) is 1.03. The molecule has 0 aromatic carbocycles. The number of hydrogen-bond donors (Lipinski definition) is 2. The minimum absolute atomic E-state index is 0.235. The van der Waals surface area contributed by atoms with E-state index in [1.165, 1.54) is 0 Å². The molecule has 6 heteroatoms. The fourth-order valence-corrected chi connectivity index (χ4v) is 1.65. The number of halogens is 2. The van der Waals surface area contributed by atoms with Crippen molar-refractivity contribution < 1.29 is 4.79 Å². The Morgan fingerprint density at radius 3 is 2.47 bits per heavy atom. The summed E-state index contributed by atoms with van der Waals surface area (Å²) in [6, 6.07) is 0. The lowest BCUT2D eigenvalue weighted by molar-refractivity contribution is -0.109.